The van der Waals surface area contributed by atoms with E-state index in [2.05, 4.69) is 40.0 Å². The Labute approximate surface area is 89.9 Å². The molecule has 4 heteroatoms. The number of hydrogen-bond acceptors (Lipinski definition) is 3. The second-order valence-electron chi connectivity index (χ2n) is 2.19. The van der Waals surface area contributed by atoms with E-state index in [1.54, 1.807) is 12.1 Å². The molecule has 0 aliphatic carbocycles. The minimum atomic E-state index is -0.330. The SMILES string of the molecule is COC(=O)c1cc(S)cc(I)c1. The van der Waals surface area contributed by atoms with Gasteiger partial charge in [-0.05, 0) is 40.8 Å². The maximum atomic E-state index is 11.1. The van der Waals surface area contributed by atoms with Gasteiger partial charge in [0.25, 0.3) is 0 Å². The summed E-state index contributed by atoms with van der Waals surface area (Å²) in [6.45, 7) is 0. The Morgan fingerprint density at radius 1 is 1.50 bits per heavy atom. The lowest BCUT2D eigenvalue weighted by Gasteiger charge is -2.00. The number of hydrogen-bond donors (Lipinski definition) is 1. The third-order valence-corrected chi connectivity index (χ3v) is 2.18. The Morgan fingerprint density at radius 2 is 2.17 bits per heavy atom. The summed E-state index contributed by atoms with van der Waals surface area (Å²) in [6, 6.07) is 5.30. The quantitative estimate of drug-likeness (QED) is 0.489. The summed E-state index contributed by atoms with van der Waals surface area (Å²) in [7, 11) is 1.36. The molecule has 2 nitrogen and oxygen atoms in total. The number of carbonyl (C=O) groups excluding carboxylic acids is 1. The number of benzene rings is 1. The molecule has 0 amide bonds. The lowest BCUT2D eigenvalue weighted by atomic mass is 10.2. The smallest absolute Gasteiger partial charge is 0.337 e. The Bertz CT molecular complexity index is 292. The highest BCUT2D eigenvalue weighted by molar-refractivity contribution is 14.1. The molecule has 0 spiro atoms. The van der Waals surface area contributed by atoms with E-state index in [1.165, 1.54) is 7.11 Å². The number of halogens is 1. The van der Waals surface area contributed by atoms with E-state index in [9.17, 15) is 4.79 Å². The summed E-state index contributed by atoms with van der Waals surface area (Å²) in [5.74, 6) is -0.330. The summed E-state index contributed by atoms with van der Waals surface area (Å²) < 4.78 is 5.54. The molecule has 12 heavy (non-hydrogen) atoms. The molecule has 0 unspecified atom stereocenters. The van der Waals surface area contributed by atoms with E-state index in [4.69, 9.17) is 0 Å². The third-order valence-electron chi connectivity index (χ3n) is 1.30. The second kappa shape index (κ2) is 4.13. The Hall–Kier alpha value is -0.230. The first kappa shape index (κ1) is 9.85. The molecule has 0 saturated heterocycles. The topological polar surface area (TPSA) is 26.3 Å². The summed E-state index contributed by atoms with van der Waals surface area (Å²) >= 11 is 6.27. The van der Waals surface area contributed by atoms with E-state index in [1.807, 2.05) is 6.07 Å². The van der Waals surface area contributed by atoms with Gasteiger partial charge in [-0.25, -0.2) is 4.79 Å². The molecule has 64 valence electrons. The van der Waals surface area contributed by atoms with Crippen molar-refractivity contribution in [2.45, 2.75) is 4.90 Å². The number of rotatable bonds is 1. The number of esters is 1. The highest BCUT2D eigenvalue weighted by Gasteiger charge is 2.05. The van der Waals surface area contributed by atoms with Gasteiger partial charge in [0.15, 0.2) is 0 Å². The molecule has 0 aliphatic heterocycles. The molecule has 0 bridgehead atoms. The van der Waals surface area contributed by atoms with Gasteiger partial charge in [0.1, 0.15) is 0 Å². The van der Waals surface area contributed by atoms with Crippen LogP contribution in [-0.2, 0) is 4.74 Å². The minimum Gasteiger partial charge on any atom is -0.465 e. The summed E-state index contributed by atoms with van der Waals surface area (Å²) in [6.07, 6.45) is 0. The molecule has 0 aliphatic rings. The van der Waals surface area contributed by atoms with Gasteiger partial charge < -0.3 is 4.74 Å². The molecule has 1 aromatic carbocycles. The number of methoxy groups -OCH3 is 1. The van der Waals surface area contributed by atoms with Crippen LogP contribution in [0.2, 0.25) is 0 Å². The molecule has 0 N–H and O–H groups in total. The van der Waals surface area contributed by atoms with Crippen molar-refractivity contribution in [3.05, 3.63) is 27.3 Å². The zero-order valence-corrected chi connectivity index (χ0v) is 9.43. The van der Waals surface area contributed by atoms with Crippen molar-refractivity contribution >= 4 is 41.2 Å². The summed E-state index contributed by atoms with van der Waals surface area (Å²) in [4.78, 5) is 11.8. The molecule has 1 aromatic rings. The Balaban J connectivity index is 3.08. The highest BCUT2D eigenvalue weighted by atomic mass is 127. The standard InChI is InChI=1S/C8H7IO2S/c1-11-8(10)5-2-6(9)4-7(12)3-5/h2-4,12H,1H3. The van der Waals surface area contributed by atoms with Crippen molar-refractivity contribution < 1.29 is 9.53 Å². The molecule has 0 saturated carbocycles. The highest BCUT2D eigenvalue weighted by Crippen LogP contribution is 2.15. The molecule has 0 heterocycles. The van der Waals surface area contributed by atoms with Crippen LogP contribution >= 0.6 is 35.2 Å². The molecular formula is C8H7IO2S. The van der Waals surface area contributed by atoms with Gasteiger partial charge in [0.05, 0.1) is 12.7 Å². The van der Waals surface area contributed by atoms with Crippen LogP contribution in [0, 0.1) is 3.57 Å². The fourth-order valence-electron chi connectivity index (χ4n) is 0.810. The predicted octanol–water partition coefficient (Wildman–Crippen LogP) is 2.37. The van der Waals surface area contributed by atoms with Crippen molar-refractivity contribution in [1.29, 1.82) is 0 Å². The molecule has 0 fully saturated rings. The van der Waals surface area contributed by atoms with Crippen molar-refractivity contribution in [2.24, 2.45) is 0 Å². The van der Waals surface area contributed by atoms with Crippen molar-refractivity contribution in [2.75, 3.05) is 7.11 Å². The zero-order valence-electron chi connectivity index (χ0n) is 6.37. The maximum absolute atomic E-state index is 11.1. The van der Waals surface area contributed by atoms with Crippen LogP contribution < -0.4 is 0 Å². The number of ether oxygens (including phenoxy) is 1. The lowest BCUT2D eigenvalue weighted by Crippen LogP contribution is -2.01. The van der Waals surface area contributed by atoms with Crippen LogP contribution in [-0.4, -0.2) is 13.1 Å². The fourth-order valence-corrected chi connectivity index (χ4v) is 2.01. The minimum absolute atomic E-state index is 0.330. The molecule has 0 aromatic heterocycles. The van der Waals surface area contributed by atoms with Gasteiger partial charge in [-0.2, -0.15) is 0 Å². The molecular weight excluding hydrogens is 287 g/mol. The van der Waals surface area contributed by atoms with E-state index in [0.717, 1.165) is 8.47 Å². The Morgan fingerprint density at radius 3 is 2.67 bits per heavy atom. The Kier molecular flexibility index (Phi) is 3.39. The van der Waals surface area contributed by atoms with E-state index >= 15 is 0 Å². The van der Waals surface area contributed by atoms with Gasteiger partial charge >= 0.3 is 5.97 Å². The molecule has 0 radical (unpaired) electrons. The van der Waals surface area contributed by atoms with Crippen molar-refractivity contribution in [3.63, 3.8) is 0 Å². The van der Waals surface area contributed by atoms with E-state index in [0.29, 0.717) is 5.56 Å². The number of thiol groups is 1. The van der Waals surface area contributed by atoms with Gasteiger partial charge in [-0.15, -0.1) is 12.6 Å². The van der Waals surface area contributed by atoms with Crippen LogP contribution in [0.15, 0.2) is 23.1 Å². The first-order valence-corrected chi connectivity index (χ1v) is 4.74. The van der Waals surface area contributed by atoms with Gasteiger partial charge in [-0.1, -0.05) is 0 Å². The van der Waals surface area contributed by atoms with Crippen molar-refractivity contribution in [1.82, 2.24) is 0 Å². The molecule has 1 rings (SSSR count). The predicted molar refractivity (Wildman–Crippen MR) is 57.8 cm³/mol. The largest absolute Gasteiger partial charge is 0.465 e. The first-order chi connectivity index (χ1) is 5.63. The van der Waals surface area contributed by atoms with Gasteiger partial charge in [0.2, 0.25) is 0 Å². The van der Waals surface area contributed by atoms with Crippen molar-refractivity contribution in [3.8, 4) is 0 Å². The van der Waals surface area contributed by atoms with E-state index in [-0.39, 0.29) is 5.97 Å². The third kappa shape index (κ3) is 2.38. The van der Waals surface area contributed by atoms with Crippen LogP contribution in [0.3, 0.4) is 0 Å². The number of carbonyl (C=O) groups is 1. The summed E-state index contributed by atoms with van der Waals surface area (Å²) in [5.41, 5.74) is 0.536. The maximum Gasteiger partial charge on any atom is 0.337 e. The first-order valence-electron chi connectivity index (χ1n) is 3.21. The van der Waals surface area contributed by atoms with Gasteiger partial charge in [-0.3, -0.25) is 0 Å². The average Bonchev–Trinajstić information content (AvgIpc) is 2.01. The zero-order chi connectivity index (χ0) is 9.14. The van der Waals surface area contributed by atoms with Crippen LogP contribution in [0.25, 0.3) is 0 Å². The lowest BCUT2D eigenvalue weighted by molar-refractivity contribution is 0.0600. The van der Waals surface area contributed by atoms with Gasteiger partial charge in [0, 0.05) is 8.47 Å². The average molecular weight is 294 g/mol. The van der Waals surface area contributed by atoms with E-state index < -0.39 is 0 Å². The molecule has 0 atom stereocenters. The summed E-state index contributed by atoms with van der Waals surface area (Å²) in [5, 5.41) is 0. The monoisotopic (exact) mass is 294 g/mol. The second-order valence-corrected chi connectivity index (χ2v) is 3.95. The van der Waals surface area contributed by atoms with Crippen LogP contribution in [0.4, 0.5) is 0 Å². The normalized spacial score (nSPS) is 9.58. The van der Waals surface area contributed by atoms with Crippen LogP contribution in [0.5, 0.6) is 0 Å². The van der Waals surface area contributed by atoms with Crippen LogP contribution in [0.1, 0.15) is 10.4 Å². The fraction of sp³-hybridized carbons (Fsp3) is 0.125.